The van der Waals surface area contributed by atoms with Gasteiger partial charge in [-0.25, -0.2) is 14.6 Å². The van der Waals surface area contributed by atoms with Crippen molar-refractivity contribution in [1.29, 1.82) is 0 Å². The number of H-pyrrole nitrogens is 1. The lowest BCUT2D eigenvalue weighted by molar-refractivity contribution is -0.134. The van der Waals surface area contributed by atoms with Gasteiger partial charge in [0.1, 0.15) is 5.75 Å². The number of nitrogens with zero attached hydrogens (tertiary/aromatic N) is 2. The Kier molecular flexibility index (Phi) is 7.53. The van der Waals surface area contributed by atoms with Gasteiger partial charge in [0.2, 0.25) is 5.91 Å². The van der Waals surface area contributed by atoms with Crippen molar-refractivity contribution in [3.8, 4) is 5.75 Å². The van der Waals surface area contributed by atoms with E-state index in [-0.39, 0.29) is 11.8 Å². The zero-order valence-corrected chi connectivity index (χ0v) is 16.2. The molecule has 1 aromatic heterocycles. The van der Waals surface area contributed by atoms with Crippen LogP contribution in [0.5, 0.6) is 5.75 Å². The van der Waals surface area contributed by atoms with Crippen LogP contribution < -0.4 is 9.64 Å². The summed E-state index contributed by atoms with van der Waals surface area (Å²) in [7, 11) is 3.43. The van der Waals surface area contributed by atoms with E-state index in [1.165, 1.54) is 0 Å². The average molecular weight is 401 g/mol. The van der Waals surface area contributed by atoms with Gasteiger partial charge in [-0.05, 0) is 25.0 Å². The standard InChI is InChI=1S/C16H19N3O2.C4H4O4/c1-19(14-5-3-4-6-15(14)21-2)16(20)11-7-8-12-13(9-11)18-10-17-12;5-3(6)1-2-4(7)8/h3-6,10-11H,7-9H2,1-2H3,(H,17,18);1-2H,(H,5,6)(H,7,8)/b;2-1+. The molecule has 3 N–H and O–H groups in total. The van der Waals surface area contributed by atoms with E-state index in [0.717, 1.165) is 36.3 Å². The number of aryl methyl sites for hydroxylation is 1. The minimum absolute atomic E-state index is 0.00661. The van der Waals surface area contributed by atoms with E-state index in [1.807, 2.05) is 31.3 Å². The van der Waals surface area contributed by atoms with Gasteiger partial charge in [0.25, 0.3) is 0 Å². The Morgan fingerprint density at radius 2 is 1.86 bits per heavy atom. The number of carboxylic acid groups (broad SMARTS) is 2. The van der Waals surface area contributed by atoms with E-state index in [9.17, 15) is 14.4 Å². The molecular weight excluding hydrogens is 378 g/mol. The number of carbonyl (C=O) groups excluding carboxylic acids is 1. The number of methoxy groups -OCH3 is 1. The number of hydrogen-bond acceptors (Lipinski definition) is 5. The third-order valence-electron chi connectivity index (χ3n) is 4.48. The number of aromatic amines is 1. The first-order chi connectivity index (χ1) is 13.8. The number of amides is 1. The first-order valence-electron chi connectivity index (χ1n) is 8.89. The van der Waals surface area contributed by atoms with Crippen molar-refractivity contribution in [3.05, 3.63) is 54.1 Å². The number of carbonyl (C=O) groups is 3. The molecule has 0 aliphatic heterocycles. The van der Waals surface area contributed by atoms with Gasteiger partial charge in [-0.2, -0.15) is 0 Å². The lowest BCUT2D eigenvalue weighted by Gasteiger charge is -2.27. The predicted octanol–water partition coefficient (Wildman–Crippen LogP) is 1.90. The summed E-state index contributed by atoms with van der Waals surface area (Å²) in [5.74, 6) is -1.68. The molecule has 1 aromatic carbocycles. The van der Waals surface area contributed by atoms with Crippen LogP contribution >= 0.6 is 0 Å². The maximum Gasteiger partial charge on any atom is 0.328 e. The largest absolute Gasteiger partial charge is 0.495 e. The highest BCUT2D eigenvalue weighted by Crippen LogP contribution is 2.30. The zero-order chi connectivity index (χ0) is 21.4. The van der Waals surface area contributed by atoms with Crippen molar-refractivity contribution in [2.75, 3.05) is 19.1 Å². The molecule has 1 heterocycles. The van der Waals surface area contributed by atoms with Crippen molar-refractivity contribution in [2.45, 2.75) is 19.3 Å². The number of rotatable bonds is 5. The van der Waals surface area contributed by atoms with Gasteiger partial charge in [0.15, 0.2) is 0 Å². The minimum atomic E-state index is -1.26. The van der Waals surface area contributed by atoms with Crippen molar-refractivity contribution in [3.63, 3.8) is 0 Å². The highest BCUT2D eigenvalue weighted by Gasteiger charge is 2.29. The number of fused-ring (bicyclic) bond motifs is 1. The fourth-order valence-corrected chi connectivity index (χ4v) is 3.05. The van der Waals surface area contributed by atoms with Crippen LogP contribution in [0.2, 0.25) is 0 Å². The molecule has 1 unspecified atom stereocenters. The molecule has 1 aliphatic rings. The second kappa shape index (κ2) is 10.1. The van der Waals surface area contributed by atoms with Crippen LogP contribution in [-0.4, -0.2) is 52.2 Å². The fourth-order valence-electron chi connectivity index (χ4n) is 3.05. The molecule has 1 aliphatic carbocycles. The molecule has 0 saturated heterocycles. The molecule has 0 bridgehead atoms. The molecule has 0 fully saturated rings. The molecule has 9 heteroatoms. The lowest BCUT2D eigenvalue weighted by Crippen LogP contribution is -2.36. The van der Waals surface area contributed by atoms with Crippen LogP contribution in [0.3, 0.4) is 0 Å². The number of carboxylic acids is 2. The number of anilines is 1. The predicted molar refractivity (Wildman–Crippen MR) is 105 cm³/mol. The van der Waals surface area contributed by atoms with Crippen LogP contribution in [0, 0.1) is 5.92 Å². The fraction of sp³-hybridized carbons (Fsp3) is 0.300. The van der Waals surface area contributed by atoms with Gasteiger partial charge in [0.05, 0.1) is 24.8 Å². The van der Waals surface area contributed by atoms with E-state index in [1.54, 1.807) is 18.3 Å². The van der Waals surface area contributed by atoms with E-state index in [2.05, 4.69) is 9.97 Å². The van der Waals surface area contributed by atoms with Crippen LogP contribution in [0.15, 0.2) is 42.7 Å². The molecule has 29 heavy (non-hydrogen) atoms. The van der Waals surface area contributed by atoms with Gasteiger partial charge in [-0.15, -0.1) is 0 Å². The Morgan fingerprint density at radius 1 is 1.21 bits per heavy atom. The smallest absolute Gasteiger partial charge is 0.328 e. The third-order valence-corrected chi connectivity index (χ3v) is 4.48. The summed E-state index contributed by atoms with van der Waals surface area (Å²) in [5.41, 5.74) is 2.99. The summed E-state index contributed by atoms with van der Waals surface area (Å²) in [6.07, 6.45) is 5.25. The Morgan fingerprint density at radius 3 is 2.48 bits per heavy atom. The van der Waals surface area contributed by atoms with E-state index in [0.29, 0.717) is 17.9 Å². The van der Waals surface area contributed by atoms with Gasteiger partial charge in [0, 0.05) is 37.2 Å². The highest BCUT2D eigenvalue weighted by atomic mass is 16.5. The molecule has 0 spiro atoms. The van der Waals surface area contributed by atoms with Crippen LogP contribution in [-0.2, 0) is 27.2 Å². The maximum absolute atomic E-state index is 12.7. The van der Waals surface area contributed by atoms with Crippen molar-refractivity contribution in [2.24, 2.45) is 5.92 Å². The quantitative estimate of drug-likeness (QED) is 0.652. The second-order valence-corrected chi connectivity index (χ2v) is 6.35. The molecule has 0 saturated carbocycles. The summed E-state index contributed by atoms with van der Waals surface area (Å²) in [6.45, 7) is 0. The molecule has 9 nitrogen and oxygen atoms in total. The van der Waals surface area contributed by atoms with Gasteiger partial charge >= 0.3 is 11.9 Å². The first kappa shape index (κ1) is 21.7. The summed E-state index contributed by atoms with van der Waals surface area (Å²) in [5, 5.41) is 15.6. The lowest BCUT2D eigenvalue weighted by atomic mass is 9.88. The molecule has 1 amide bonds. The Balaban J connectivity index is 0.000000321. The Bertz CT molecular complexity index is 889. The van der Waals surface area contributed by atoms with Crippen molar-refractivity contribution in [1.82, 2.24) is 9.97 Å². The zero-order valence-electron chi connectivity index (χ0n) is 16.2. The third kappa shape index (κ3) is 5.93. The summed E-state index contributed by atoms with van der Waals surface area (Å²) in [4.78, 5) is 41.0. The van der Waals surface area contributed by atoms with Crippen molar-refractivity contribution < 1.29 is 29.3 Å². The summed E-state index contributed by atoms with van der Waals surface area (Å²) in [6, 6.07) is 7.59. The number of benzene rings is 1. The van der Waals surface area contributed by atoms with E-state index >= 15 is 0 Å². The molecule has 1 atom stereocenters. The molecule has 3 rings (SSSR count). The average Bonchev–Trinajstić information content (AvgIpc) is 3.19. The van der Waals surface area contributed by atoms with Crippen LogP contribution in [0.4, 0.5) is 5.69 Å². The number of hydrogen-bond donors (Lipinski definition) is 3. The second-order valence-electron chi connectivity index (χ2n) is 6.35. The van der Waals surface area contributed by atoms with E-state index < -0.39 is 11.9 Å². The van der Waals surface area contributed by atoms with Crippen molar-refractivity contribution >= 4 is 23.5 Å². The maximum atomic E-state index is 12.7. The molecular formula is C20H23N3O6. The van der Waals surface area contributed by atoms with E-state index in [4.69, 9.17) is 14.9 Å². The Labute approximate surface area is 167 Å². The van der Waals surface area contributed by atoms with Gasteiger partial charge < -0.3 is 24.8 Å². The molecule has 2 aromatic rings. The first-order valence-corrected chi connectivity index (χ1v) is 8.89. The highest BCUT2D eigenvalue weighted by molar-refractivity contribution is 5.96. The number of para-hydroxylation sites is 2. The Hall–Kier alpha value is -3.62. The summed E-state index contributed by atoms with van der Waals surface area (Å²) < 4.78 is 5.34. The molecule has 0 radical (unpaired) electrons. The van der Waals surface area contributed by atoms with Gasteiger partial charge in [-0.1, -0.05) is 12.1 Å². The minimum Gasteiger partial charge on any atom is -0.495 e. The SMILES string of the molecule is COc1ccccc1N(C)C(=O)C1CCc2nc[nH]c2C1.O=C(O)/C=C/C(=O)O. The molecule has 154 valence electrons. The summed E-state index contributed by atoms with van der Waals surface area (Å²) >= 11 is 0. The number of nitrogens with one attached hydrogen (secondary N) is 1. The number of aromatic nitrogens is 2. The number of imidazole rings is 1. The number of aliphatic carboxylic acids is 2. The van der Waals surface area contributed by atoms with Gasteiger partial charge in [-0.3, -0.25) is 4.79 Å². The van der Waals surface area contributed by atoms with Crippen LogP contribution in [0.1, 0.15) is 17.8 Å². The topological polar surface area (TPSA) is 133 Å². The number of ether oxygens (including phenoxy) is 1. The monoisotopic (exact) mass is 401 g/mol. The normalized spacial score (nSPS) is 15.0. The van der Waals surface area contributed by atoms with Crippen LogP contribution in [0.25, 0.3) is 0 Å².